The molecule has 1 heteroatoms. The number of aliphatic hydroxyl groups is 1. The highest BCUT2D eigenvalue weighted by molar-refractivity contribution is 5.83. The van der Waals surface area contributed by atoms with E-state index in [1.165, 1.54) is 10.8 Å². The van der Waals surface area contributed by atoms with Gasteiger partial charge in [0.2, 0.25) is 0 Å². The smallest absolute Gasteiger partial charge is 0.100 e. The lowest BCUT2D eigenvalue weighted by atomic mass is 9.96. The van der Waals surface area contributed by atoms with Crippen LogP contribution >= 0.6 is 0 Å². The van der Waals surface area contributed by atoms with Crippen LogP contribution in [-0.4, -0.2) is 5.11 Å². The molecule has 1 unspecified atom stereocenters. The first-order valence-corrected chi connectivity index (χ1v) is 6.62. The number of fused-ring (bicyclic) bond motifs is 1. The Bertz CT molecular complexity index is 554. The molecular formula is C17H20O. The molecule has 18 heavy (non-hydrogen) atoms. The van der Waals surface area contributed by atoms with Crippen LogP contribution in [0.4, 0.5) is 0 Å². The van der Waals surface area contributed by atoms with E-state index in [0.717, 1.165) is 24.0 Å². The second kappa shape index (κ2) is 5.83. The van der Waals surface area contributed by atoms with Gasteiger partial charge in [0.25, 0.3) is 0 Å². The number of allylic oxidation sites excluding steroid dienone is 1. The zero-order valence-electron chi connectivity index (χ0n) is 11.1. The molecule has 0 aromatic heterocycles. The maximum Gasteiger partial charge on any atom is 0.100 e. The van der Waals surface area contributed by atoms with Gasteiger partial charge in [0, 0.05) is 0 Å². The van der Waals surface area contributed by atoms with Gasteiger partial charge in [-0.2, -0.15) is 0 Å². The summed E-state index contributed by atoms with van der Waals surface area (Å²) in [5.41, 5.74) is 2.09. The molecule has 2 aromatic rings. The van der Waals surface area contributed by atoms with Crippen molar-refractivity contribution < 1.29 is 5.11 Å². The Kier molecular flexibility index (Phi) is 4.16. The average Bonchev–Trinajstić information content (AvgIpc) is 2.43. The van der Waals surface area contributed by atoms with Gasteiger partial charge in [-0.1, -0.05) is 56.3 Å². The van der Waals surface area contributed by atoms with Gasteiger partial charge >= 0.3 is 0 Å². The van der Waals surface area contributed by atoms with E-state index in [1.54, 1.807) is 0 Å². The lowest BCUT2D eigenvalue weighted by molar-refractivity contribution is 0.212. The first-order chi connectivity index (χ1) is 8.76. The summed E-state index contributed by atoms with van der Waals surface area (Å²) in [4.78, 5) is 0. The molecule has 0 radical (unpaired) electrons. The van der Waals surface area contributed by atoms with Crippen molar-refractivity contribution in [3.63, 3.8) is 0 Å². The fourth-order valence-corrected chi connectivity index (χ4v) is 2.30. The van der Waals surface area contributed by atoms with Gasteiger partial charge in [-0.25, -0.2) is 0 Å². The number of hydrogen-bond acceptors (Lipinski definition) is 1. The van der Waals surface area contributed by atoms with Gasteiger partial charge < -0.3 is 5.11 Å². The Labute approximate surface area is 109 Å². The van der Waals surface area contributed by atoms with Crippen LogP contribution in [0.2, 0.25) is 0 Å². The minimum absolute atomic E-state index is 0.473. The summed E-state index contributed by atoms with van der Waals surface area (Å²) >= 11 is 0. The highest BCUT2D eigenvalue weighted by Gasteiger charge is 2.11. The quantitative estimate of drug-likeness (QED) is 0.773. The summed E-state index contributed by atoms with van der Waals surface area (Å²) < 4.78 is 0. The van der Waals surface area contributed by atoms with Crippen LogP contribution < -0.4 is 0 Å². The van der Waals surface area contributed by atoms with Gasteiger partial charge in [-0.15, -0.1) is 0 Å². The second-order valence-electron chi connectivity index (χ2n) is 4.55. The van der Waals surface area contributed by atoms with E-state index < -0.39 is 6.10 Å². The summed E-state index contributed by atoms with van der Waals surface area (Å²) in [6, 6.07) is 14.4. The van der Waals surface area contributed by atoms with Crippen LogP contribution in [0.15, 0.2) is 54.1 Å². The minimum atomic E-state index is -0.473. The summed E-state index contributed by atoms with van der Waals surface area (Å²) in [6.45, 7) is 4.19. The highest BCUT2D eigenvalue weighted by atomic mass is 16.3. The molecule has 0 bridgehead atoms. The van der Waals surface area contributed by atoms with Crippen molar-refractivity contribution in [3.05, 3.63) is 59.7 Å². The number of aliphatic hydroxyl groups excluding tert-OH is 1. The zero-order chi connectivity index (χ0) is 13.0. The van der Waals surface area contributed by atoms with E-state index >= 15 is 0 Å². The molecule has 0 amide bonds. The Morgan fingerprint density at radius 1 is 1.11 bits per heavy atom. The molecule has 0 spiro atoms. The molecule has 2 rings (SSSR count). The topological polar surface area (TPSA) is 20.2 Å². The third-order valence-electron chi connectivity index (χ3n) is 3.32. The van der Waals surface area contributed by atoms with Gasteiger partial charge in [0.1, 0.15) is 6.10 Å². The fraction of sp³-hybridized carbons (Fsp3) is 0.294. The van der Waals surface area contributed by atoms with Crippen molar-refractivity contribution in [1.29, 1.82) is 0 Å². The number of rotatable bonds is 4. The van der Waals surface area contributed by atoms with E-state index in [1.807, 2.05) is 18.2 Å². The molecule has 0 saturated carbocycles. The van der Waals surface area contributed by atoms with Crippen LogP contribution in [-0.2, 0) is 0 Å². The predicted molar refractivity (Wildman–Crippen MR) is 77.6 cm³/mol. The highest BCUT2D eigenvalue weighted by Crippen LogP contribution is 2.27. The molecule has 2 aromatic carbocycles. The summed E-state index contributed by atoms with van der Waals surface area (Å²) in [5.74, 6) is 0. The fourth-order valence-electron chi connectivity index (χ4n) is 2.30. The summed E-state index contributed by atoms with van der Waals surface area (Å²) in [7, 11) is 0. The van der Waals surface area contributed by atoms with E-state index in [-0.39, 0.29) is 0 Å². The van der Waals surface area contributed by atoms with Gasteiger partial charge in [-0.05, 0) is 40.8 Å². The van der Waals surface area contributed by atoms with Crippen molar-refractivity contribution >= 4 is 10.8 Å². The standard InChI is InChI=1S/C17H20O/c1-3-7-13(4-2)17(18)16-11-10-14-8-5-6-9-15(14)12-16/h5-12,17-18H,3-4H2,1-2H3/b13-7-. The largest absolute Gasteiger partial charge is 0.384 e. The van der Waals surface area contributed by atoms with E-state index in [0.29, 0.717) is 0 Å². The van der Waals surface area contributed by atoms with Crippen LogP contribution in [0.25, 0.3) is 10.8 Å². The van der Waals surface area contributed by atoms with Crippen LogP contribution in [0.1, 0.15) is 38.4 Å². The zero-order valence-corrected chi connectivity index (χ0v) is 11.1. The SMILES string of the molecule is CC/C=C(/CC)C(O)c1ccc2ccccc2c1. The van der Waals surface area contributed by atoms with Crippen LogP contribution in [0.5, 0.6) is 0 Å². The summed E-state index contributed by atoms with van der Waals surface area (Å²) in [6.07, 6.45) is 3.51. The van der Waals surface area contributed by atoms with Crippen molar-refractivity contribution in [3.8, 4) is 0 Å². The number of benzene rings is 2. The van der Waals surface area contributed by atoms with Gasteiger partial charge in [0.05, 0.1) is 0 Å². The average molecular weight is 240 g/mol. The number of hydrogen-bond donors (Lipinski definition) is 1. The normalized spacial score (nSPS) is 13.8. The first kappa shape index (κ1) is 12.8. The molecular weight excluding hydrogens is 220 g/mol. The third-order valence-corrected chi connectivity index (χ3v) is 3.32. The molecule has 1 atom stereocenters. The van der Waals surface area contributed by atoms with Gasteiger partial charge in [-0.3, -0.25) is 0 Å². The first-order valence-electron chi connectivity index (χ1n) is 6.62. The Hall–Kier alpha value is -1.60. The molecule has 0 fully saturated rings. The molecule has 1 N–H and O–H groups in total. The van der Waals surface area contributed by atoms with E-state index in [4.69, 9.17) is 0 Å². The Morgan fingerprint density at radius 2 is 1.83 bits per heavy atom. The van der Waals surface area contributed by atoms with E-state index in [2.05, 4.69) is 44.2 Å². The molecule has 0 aliphatic heterocycles. The van der Waals surface area contributed by atoms with Crippen molar-refractivity contribution in [1.82, 2.24) is 0 Å². The molecule has 94 valence electrons. The second-order valence-corrected chi connectivity index (χ2v) is 4.55. The molecule has 0 aliphatic rings. The van der Waals surface area contributed by atoms with Crippen molar-refractivity contribution in [2.45, 2.75) is 32.8 Å². The lowest BCUT2D eigenvalue weighted by Crippen LogP contribution is -2.01. The minimum Gasteiger partial charge on any atom is -0.384 e. The third kappa shape index (κ3) is 2.62. The lowest BCUT2D eigenvalue weighted by Gasteiger charge is -2.15. The molecule has 0 heterocycles. The monoisotopic (exact) mass is 240 g/mol. The van der Waals surface area contributed by atoms with Crippen molar-refractivity contribution in [2.24, 2.45) is 0 Å². The van der Waals surface area contributed by atoms with Crippen LogP contribution in [0.3, 0.4) is 0 Å². The predicted octanol–water partition coefficient (Wildman–Crippen LogP) is 4.62. The molecule has 0 saturated heterocycles. The Morgan fingerprint density at radius 3 is 2.50 bits per heavy atom. The molecule has 0 aliphatic carbocycles. The van der Waals surface area contributed by atoms with E-state index in [9.17, 15) is 5.11 Å². The molecule has 1 nitrogen and oxygen atoms in total. The van der Waals surface area contributed by atoms with Crippen molar-refractivity contribution in [2.75, 3.05) is 0 Å². The maximum absolute atomic E-state index is 10.4. The van der Waals surface area contributed by atoms with Gasteiger partial charge in [0.15, 0.2) is 0 Å². The van der Waals surface area contributed by atoms with Crippen LogP contribution in [0, 0.1) is 0 Å². The maximum atomic E-state index is 10.4. The Balaban J connectivity index is 2.38. The summed E-state index contributed by atoms with van der Waals surface area (Å²) in [5, 5.41) is 12.8.